The van der Waals surface area contributed by atoms with Gasteiger partial charge in [0.05, 0.1) is 6.54 Å². The van der Waals surface area contributed by atoms with E-state index in [1.165, 1.54) is 0 Å². The predicted octanol–water partition coefficient (Wildman–Crippen LogP) is 0.166. The quantitative estimate of drug-likeness (QED) is 0.413. The molecule has 0 spiro atoms. The molecule has 4 heteroatoms. The van der Waals surface area contributed by atoms with E-state index in [2.05, 4.69) is 0 Å². The summed E-state index contributed by atoms with van der Waals surface area (Å²) in [6, 6.07) is -0.762. The standard InChI is InChI=1S/C5H10N2O2/c6-5(8)7(9)3-4-1-2-4/h4,9H,1-3H2,(H2,6,8). The van der Waals surface area contributed by atoms with Gasteiger partial charge in [-0.25, -0.2) is 9.86 Å². The van der Waals surface area contributed by atoms with Crippen LogP contribution in [0.4, 0.5) is 4.79 Å². The largest absolute Gasteiger partial charge is 0.350 e. The Bertz CT molecular complexity index is 122. The molecule has 1 aliphatic carbocycles. The summed E-state index contributed by atoms with van der Waals surface area (Å²) in [5, 5.41) is 9.26. The first kappa shape index (κ1) is 6.35. The van der Waals surface area contributed by atoms with Crippen molar-refractivity contribution < 1.29 is 10.0 Å². The second-order valence-electron chi connectivity index (χ2n) is 2.36. The molecule has 0 heterocycles. The second kappa shape index (κ2) is 2.23. The molecule has 9 heavy (non-hydrogen) atoms. The fraction of sp³-hybridized carbons (Fsp3) is 0.800. The van der Waals surface area contributed by atoms with Gasteiger partial charge in [0.1, 0.15) is 0 Å². The number of hydroxylamine groups is 2. The molecule has 0 aromatic heterocycles. The monoisotopic (exact) mass is 130 g/mol. The summed E-state index contributed by atoms with van der Waals surface area (Å²) in [4.78, 5) is 10.2. The maximum absolute atomic E-state index is 10.2. The minimum Gasteiger partial charge on any atom is -0.350 e. The first-order valence-corrected chi connectivity index (χ1v) is 2.96. The molecule has 0 radical (unpaired) electrons. The van der Waals surface area contributed by atoms with E-state index in [9.17, 15) is 4.79 Å². The molecule has 52 valence electrons. The number of amides is 2. The molecule has 3 N–H and O–H groups in total. The Morgan fingerprint density at radius 2 is 2.33 bits per heavy atom. The molecular formula is C5H10N2O2. The van der Waals surface area contributed by atoms with Crippen molar-refractivity contribution in [3.63, 3.8) is 0 Å². The molecular weight excluding hydrogens is 120 g/mol. The van der Waals surface area contributed by atoms with E-state index in [1.54, 1.807) is 0 Å². The maximum atomic E-state index is 10.2. The summed E-state index contributed by atoms with van der Waals surface area (Å²) in [6.45, 7) is 0.398. The SMILES string of the molecule is NC(=O)N(O)CC1CC1. The fourth-order valence-electron chi connectivity index (χ4n) is 0.635. The van der Waals surface area contributed by atoms with Gasteiger partial charge in [-0.05, 0) is 18.8 Å². The van der Waals surface area contributed by atoms with Gasteiger partial charge >= 0.3 is 6.03 Å². The lowest BCUT2D eigenvalue weighted by Crippen LogP contribution is -2.34. The molecule has 0 saturated heterocycles. The van der Waals surface area contributed by atoms with Crippen LogP contribution in [-0.4, -0.2) is 22.8 Å². The van der Waals surface area contributed by atoms with E-state index in [1.807, 2.05) is 0 Å². The van der Waals surface area contributed by atoms with E-state index in [4.69, 9.17) is 10.9 Å². The zero-order valence-electron chi connectivity index (χ0n) is 5.08. The van der Waals surface area contributed by atoms with Gasteiger partial charge in [-0.15, -0.1) is 0 Å². The van der Waals surface area contributed by atoms with Crippen LogP contribution >= 0.6 is 0 Å². The lowest BCUT2D eigenvalue weighted by molar-refractivity contribution is -0.0427. The lowest BCUT2D eigenvalue weighted by Gasteiger charge is -2.09. The van der Waals surface area contributed by atoms with Crippen LogP contribution in [0.5, 0.6) is 0 Å². The number of nitrogens with zero attached hydrogens (tertiary/aromatic N) is 1. The highest BCUT2D eigenvalue weighted by Crippen LogP contribution is 2.28. The molecule has 0 aliphatic heterocycles. The van der Waals surface area contributed by atoms with E-state index < -0.39 is 6.03 Å². The van der Waals surface area contributed by atoms with Crippen LogP contribution in [-0.2, 0) is 0 Å². The first-order valence-electron chi connectivity index (χ1n) is 2.96. The van der Waals surface area contributed by atoms with Crippen LogP contribution in [0.2, 0.25) is 0 Å². The molecule has 4 nitrogen and oxygen atoms in total. The Hall–Kier alpha value is -0.770. The Morgan fingerprint density at radius 3 is 2.67 bits per heavy atom. The van der Waals surface area contributed by atoms with Crippen molar-refractivity contribution in [1.29, 1.82) is 0 Å². The molecule has 1 fully saturated rings. The molecule has 1 saturated carbocycles. The molecule has 0 bridgehead atoms. The molecule has 1 rings (SSSR count). The zero-order chi connectivity index (χ0) is 6.85. The summed E-state index contributed by atoms with van der Waals surface area (Å²) in [7, 11) is 0. The van der Waals surface area contributed by atoms with E-state index in [0.29, 0.717) is 17.5 Å². The van der Waals surface area contributed by atoms with Gasteiger partial charge in [0, 0.05) is 0 Å². The van der Waals surface area contributed by atoms with E-state index >= 15 is 0 Å². The van der Waals surface area contributed by atoms with Crippen molar-refractivity contribution in [2.24, 2.45) is 11.7 Å². The van der Waals surface area contributed by atoms with Crippen molar-refractivity contribution in [3.05, 3.63) is 0 Å². The normalized spacial score (nSPS) is 17.4. The van der Waals surface area contributed by atoms with Gasteiger partial charge in [-0.2, -0.15) is 0 Å². The van der Waals surface area contributed by atoms with Crippen molar-refractivity contribution in [2.75, 3.05) is 6.54 Å². The van der Waals surface area contributed by atoms with Gasteiger partial charge in [0.25, 0.3) is 0 Å². The van der Waals surface area contributed by atoms with Crippen molar-refractivity contribution in [1.82, 2.24) is 5.06 Å². The lowest BCUT2D eigenvalue weighted by atomic mass is 10.4. The average molecular weight is 130 g/mol. The van der Waals surface area contributed by atoms with E-state index in [0.717, 1.165) is 12.8 Å². The van der Waals surface area contributed by atoms with Crippen molar-refractivity contribution >= 4 is 6.03 Å². The highest BCUT2D eigenvalue weighted by molar-refractivity contribution is 5.70. The van der Waals surface area contributed by atoms with E-state index in [-0.39, 0.29) is 0 Å². The molecule has 0 aromatic rings. The summed E-state index contributed by atoms with van der Waals surface area (Å²) in [5.41, 5.74) is 4.75. The highest BCUT2D eigenvalue weighted by atomic mass is 16.5. The number of nitrogens with two attached hydrogens (primary N) is 1. The minimum absolute atomic E-state index is 0.398. The average Bonchev–Trinajstić information content (AvgIpc) is 2.50. The Kier molecular flexibility index (Phi) is 1.57. The topological polar surface area (TPSA) is 66.6 Å². The third kappa shape index (κ3) is 1.89. The van der Waals surface area contributed by atoms with Crippen LogP contribution in [0, 0.1) is 5.92 Å². The summed E-state index contributed by atoms with van der Waals surface area (Å²) >= 11 is 0. The number of rotatable bonds is 2. The highest BCUT2D eigenvalue weighted by Gasteiger charge is 2.24. The van der Waals surface area contributed by atoms with Gasteiger partial charge in [0.15, 0.2) is 0 Å². The summed E-state index contributed by atoms with van der Waals surface area (Å²) in [5.74, 6) is 0.488. The zero-order valence-corrected chi connectivity index (χ0v) is 5.08. The molecule has 0 unspecified atom stereocenters. The van der Waals surface area contributed by atoms with Crippen LogP contribution in [0.15, 0.2) is 0 Å². The number of primary amides is 1. The van der Waals surface area contributed by atoms with Gasteiger partial charge < -0.3 is 5.73 Å². The smallest absolute Gasteiger partial charge is 0.338 e. The van der Waals surface area contributed by atoms with Crippen molar-refractivity contribution in [3.8, 4) is 0 Å². The Labute approximate surface area is 53.2 Å². The Morgan fingerprint density at radius 1 is 1.78 bits per heavy atom. The van der Waals surface area contributed by atoms with Gasteiger partial charge in [-0.1, -0.05) is 0 Å². The van der Waals surface area contributed by atoms with Crippen LogP contribution in [0.3, 0.4) is 0 Å². The molecule has 1 aliphatic rings. The number of urea groups is 1. The summed E-state index contributed by atoms with van der Waals surface area (Å²) < 4.78 is 0. The number of hydrogen-bond donors (Lipinski definition) is 2. The summed E-state index contributed by atoms with van der Waals surface area (Å²) in [6.07, 6.45) is 2.20. The second-order valence-corrected chi connectivity index (χ2v) is 2.36. The maximum Gasteiger partial charge on any atom is 0.338 e. The third-order valence-corrected chi connectivity index (χ3v) is 1.38. The molecule has 0 atom stereocenters. The number of carbonyl (C=O) groups excluding carboxylic acids is 1. The van der Waals surface area contributed by atoms with Crippen molar-refractivity contribution in [2.45, 2.75) is 12.8 Å². The number of carbonyl (C=O) groups is 1. The van der Waals surface area contributed by atoms with Gasteiger partial charge in [-0.3, -0.25) is 5.21 Å². The first-order chi connectivity index (χ1) is 4.20. The molecule has 2 amide bonds. The third-order valence-electron chi connectivity index (χ3n) is 1.38. The number of hydrogen-bond acceptors (Lipinski definition) is 2. The Balaban J connectivity index is 2.16. The minimum atomic E-state index is -0.762. The predicted molar refractivity (Wildman–Crippen MR) is 30.8 cm³/mol. The van der Waals surface area contributed by atoms with Crippen LogP contribution in [0.1, 0.15) is 12.8 Å². The van der Waals surface area contributed by atoms with Crippen LogP contribution < -0.4 is 5.73 Å². The van der Waals surface area contributed by atoms with Gasteiger partial charge in [0.2, 0.25) is 0 Å². The van der Waals surface area contributed by atoms with Crippen LogP contribution in [0.25, 0.3) is 0 Å². The fourth-order valence-corrected chi connectivity index (χ4v) is 0.635. The molecule has 0 aromatic carbocycles.